The van der Waals surface area contributed by atoms with Gasteiger partial charge in [-0.05, 0) is 38.5 Å². The summed E-state index contributed by atoms with van der Waals surface area (Å²) >= 11 is 0. The van der Waals surface area contributed by atoms with Crippen LogP contribution in [0, 0.1) is 13.8 Å². The average molecular weight is 347 g/mol. The van der Waals surface area contributed by atoms with Crippen LogP contribution in [0.1, 0.15) is 35.1 Å². The molecule has 2 aromatic rings. The van der Waals surface area contributed by atoms with Crippen LogP contribution in [0.3, 0.4) is 0 Å². The number of halogens is 3. The van der Waals surface area contributed by atoms with Crippen LogP contribution < -0.4 is 4.74 Å². The van der Waals surface area contributed by atoms with Gasteiger partial charge >= 0.3 is 6.36 Å². The Morgan fingerprint density at radius 2 is 1.87 bits per heavy atom. The first-order chi connectivity index (χ1) is 10.7. The summed E-state index contributed by atoms with van der Waals surface area (Å²) in [6.07, 6.45) is -4.73. The molecule has 0 fully saturated rings. The van der Waals surface area contributed by atoms with Crippen molar-refractivity contribution in [3.05, 3.63) is 47.2 Å². The van der Waals surface area contributed by atoms with Crippen LogP contribution in [0.2, 0.25) is 0 Å². The molecule has 0 amide bonds. The van der Waals surface area contributed by atoms with Gasteiger partial charge in [0.15, 0.2) is 0 Å². The molecule has 0 saturated heterocycles. The van der Waals surface area contributed by atoms with E-state index >= 15 is 0 Å². The Bertz CT molecular complexity index is 675. The number of nitrogens with zero attached hydrogens (tertiary/aromatic N) is 1. The normalized spacial score (nSPS) is 14.5. The Labute approximate surface area is 134 Å². The van der Waals surface area contributed by atoms with Gasteiger partial charge in [0.05, 0.1) is 10.9 Å². The molecule has 2 atom stereocenters. The second-order valence-electron chi connectivity index (χ2n) is 5.03. The topological polar surface area (TPSA) is 52.3 Å². The van der Waals surface area contributed by atoms with Crippen molar-refractivity contribution in [3.63, 3.8) is 0 Å². The molecule has 0 bridgehead atoms. The minimum Gasteiger partial charge on any atom is -0.445 e. The number of hydrogen-bond acceptors (Lipinski definition) is 4. The van der Waals surface area contributed by atoms with E-state index in [-0.39, 0.29) is 16.8 Å². The highest BCUT2D eigenvalue weighted by atomic mass is 32.2. The van der Waals surface area contributed by atoms with Gasteiger partial charge in [0.2, 0.25) is 5.89 Å². The fourth-order valence-electron chi connectivity index (χ4n) is 1.94. The van der Waals surface area contributed by atoms with Crippen LogP contribution in [0.25, 0.3) is 0 Å². The molecule has 0 saturated carbocycles. The first kappa shape index (κ1) is 17.5. The molecule has 0 aliphatic heterocycles. The Hall–Kier alpha value is -1.83. The van der Waals surface area contributed by atoms with E-state index < -0.39 is 17.2 Å². The number of hydrogen-bond donors (Lipinski definition) is 0. The Morgan fingerprint density at radius 1 is 1.26 bits per heavy atom. The predicted molar refractivity (Wildman–Crippen MR) is 79.4 cm³/mol. The van der Waals surface area contributed by atoms with Crippen molar-refractivity contribution < 1.29 is 26.5 Å². The van der Waals surface area contributed by atoms with Gasteiger partial charge in [-0.2, -0.15) is 0 Å². The molecule has 0 radical (unpaired) electrons. The van der Waals surface area contributed by atoms with Gasteiger partial charge in [-0.15, -0.1) is 13.2 Å². The maximum Gasteiger partial charge on any atom is 0.573 e. The summed E-state index contributed by atoms with van der Waals surface area (Å²) in [7, 11) is -1.31. The van der Waals surface area contributed by atoms with Gasteiger partial charge in [0.25, 0.3) is 0 Å². The van der Waals surface area contributed by atoms with Gasteiger partial charge in [-0.25, -0.2) is 4.98 Å². The van der Waals surface area contributed by atoms with E-state index in [1.165, 1.54) is 24.3 Å². The quantitative estimate of drug-likeness (QED) is 0.813. The van der Waals surface area contributed by atoms with Crippen molar-refractivity contribution in [2.75, 3.05) is 0 Å². The maximum atomic E-state index is 12.3. The van der Waals surface area contributed by atoms with Crippen LogP contribution in [0.5, 0.6) is 5.75 Å². The van der Waals surface area contributed by atoms with Crippen molar-refractivity contribution in [1.82, 2.24) is 4.98 Å². The first-order valence-corrected chi connectivity index (χ1v) is 8.19. The van der Waals surface area contributed by atoms with E-state index in [4.69, 9.17) is 4.42 Å². The first-order valence-electron chi connectivity index (χ1n) is 6.81. The number of rotatable bonds is 5. The lowest BCUT2D eigenvalue weighted by atomic mass is 10.2. The summed E-state index contributed by atoms with van der Waals surface area (Å²) in [5, 5.41) is -0.373. The van der Waals surface area contributed by atoms with E-state index in [1.807, 2.05) is 0 Å². The molecule has 1 aromatic carbocycles. The lowest BCUT2D eigenvalue weighted by molar-refractivity contribution is -0.274. The molecule has 8 heteroatoms. The molecule has 0 aliphatic rings. The molecule has 1 aromatic heterocycles. The van der Waals surface area contributed by atoms with Crippen LogP contribution >= 0.6 is 0 Å². The molecule has 2 rings (SSSR count). The van der Waals surface area contributed by atoms with Gasteiger partial charge in [-0.3, -0.25) is 4.21 Å². The van der Waals surface area contributed by atoms with Crippen LogP contribution in [0.15, 0.2) is 28.7 Å². The zero-order valence-corrected chi connectivity index (χ0v) is 13.6. The Morgan fingerprint density at radius 3 is 2.35 bits per heavy atom. The van der Waals surface area contributed by atoms with E-state index in [2.05, 4.69) is 9.72 Å². The summed E-state index contributed by atoms with van der Waals surface area (Å²) in [5.74, 6) is 0.912. The van der Waals surface area contributed by atoms with Crippen molar-refractivity contribution in [2.24, 2.45) is 0 Å². The minimum atomic E-state index is -4.73. The molecule has 126 valence electrons. The molecule has 0 N–H and O–H groups in total. The number of aromatic nitrogens is 1. The van der Waals surface area contributed by atoms with Crippen molar-refractivity contribution >= 4 is 10.8 Å². The average Bonchev–Trinajstić information content (AvgIpc) is 2.75. The predicted octanol–water partition coefficient (Wildman–Crippen LogP) is 4.20. The lowest BCUT2D eigenvalue weighted by Crippen LogP contribution is -2.17. The van der Waals surface area contributed by atoms with E-state index in [0.717, 1.165) is 5.69 Å². The fourth-order valence-corrected chi connectivity index (χ4v) is 3.02. The third-order valence-corrected chi connectivity index (χ3v) is 4.91. The van der Waals surface area contributed by atoms with Gasteiger partial charge < -0.3 is 9.15 Å². The summed E-state index contributed by atoms with van der Waals surface area (Å²) in [4.78, 5) is 4.18. The van der Waals surface area contributed by atoms with Gasteiger partial charge in [-0.1, -0.05) is 12.1 Å². The summed E-state index contributed by atoms with van der Waals surface area (Å²) in [6, 6.07) is 5.34. The highest BCUT2D eigenvalue weighted by Gasteiger charge is 2.31. The van der Waals surface area contributed by atoms with Crippen molar-refractivity contribution in [1.29, 1.82) is 0 Å². The van der Waals surface area contributed by atoms with Gasteiger partial charge in [0, 0.05) is 10.8 Å². The minimum absolute atomic E-state index is 0.149. The number of benzene rings is 1. The smallest absolute Gasteiger partial charge is 0.445 e. The fraction of sp³-hybridized carbons (Fsp3) is 0.400. The third-order valence-electron chi connectivity index (χ3n) is 3.32. The largest absolute Gasteiger partial charge is 0.573 e. The second kappa shape index (κ2) is 6.74. The van der Waals surface area contributed by atoms with E-state index in [1.54, 1.807) is 20.8 Å². The van der Waals surface area contributed by atoms with Crippen LogP contribution in [0.4, 0.5) is 13.2 Å². The van der Waals surface area contributed by atoms with Crippen molar-refractivity contribution in [2.45, 2.75) is 38.1 Å². The van der Waals surface area contributed by atoms with E-state index in [9.17, 15) is 17.4 Å². The number of alkyl halides is 3. The zero-order chi connectivity index (χ0) is 17.2. The molecule has 4 nitrogen and oxygen atoms in total. The second-order valence-corrected chi connectivity index (χ2v) is 6.79. The molecule has 0 spiro atoms. The molecule has 23 heavy (non-hydrogen) atoms. The van der Waals surface area contributed by atoms with Crippen LogP contribution in [-0.4, -0.2) is 15.6 Å². The highest BCUT2D eigenvalue weighted by Crippen LogP contribution is 2.27. The number of ether oxygens (including phenoxy) is 1. The number of oxazole rings is 1. The lowest BCUT2D eigenvalue weighted by Gasteiger charge is -2.13. The third kappa shape index (κ3) is 4.82. The summed E-state index contributed by atoms with van der Waals surface area (Å²) in [6.45, 7) is 5.31. The van der Waals surface area contributed by atoms with Crippen LogP contribution in [-0.2, 0) is 16.6 Å². The maximum absolute atomic E-state index is 12.3. The van der Waals surface area contributed by atoms with E-state index in [0.29, 0.717) is 17.2 Å². The molecule has 0 aliphatic carbocycles. The molecule has 2 unspecified atom stereocenters. The molecular formula is C15H16F3NO3S. The standard InChI is InChI=1S/C15H16F3NO3S/c1-9-10(2)21-14(19-9)8-23(20)11(3)12-4-6-13(7-5-12)22-15(16,17)18/h4-7,11H,8H2,1-3H3. The SMILES string of the molecule is Cc1nc(CS(=O)C(C)c2ccc(OC(F)(F)F)cc2)oc1C. The monoisotopic (exact) mass is 347 g/mol. The zero-order valence-electron chi connectivity index (χ0n) is 12.8. The highest BCUT2D eigenvalue weighted by molar-refractivity contribution is 7.84. The molecule has 1 heterocycles. The van der Waals surface area contributed by atoms with Gasteiger partial charge in [0.1, 0.15) is 17.3 Å². The van der Waals surface area contributed by atoms with Crippen molar-refractivity contribution in [3.8, 4) is 5.75 Å². The Kier molecular flexibility index (Phi) is 5.13. The molecular weight excluding hydrogens is 331 g/mol. The number of aryl methyl sites for hydroxylation is 2. The Balaban J connectivity index is 2.04. The summed E-state index contributed by atoms with van der Waals surface area (Å²) in [5.41, 5.74) is 1.40. The summed E-state index contributed by atoms with van der Waals surface area (Å²) < 4.78 is 57.9.